The van der Waals surface area contributed by atoms with Crippen molar-refractivity contribution in [3.8, 4) is 0 Å². The molecule has 1 aromatic carbocycles. The molecule has 1 heterocycles. The van der Waals surface area contributed by atoms with Crippen LogP contribution in [0.25, 0.3) is 0 Å². The van der Waals surface area contributed by atoms with Crippen LogP contribution in [0.4, 0.5) is 4.39 Å². The Balaban J connectivity index is 2.28. The summed E-state index contributed by atoms with van der Waals surface area (Å²) in [6.07, 6.45) is 1.03. The van der Waals surface area contributed by atoms with Crippen LogP contribution >= 0.6 is 0 Å². The maximum absolute atomic E-state index is 12.6. The van der Waals surface area contributed by atoms with Crippen molar-refractivity contribution in [3.05, 3.63) is 35.6 Å². The molecule has 2 rings (SSSR count). The molecule has 0 unspecified atom stereocenters. The highest BCUT2D eigenvalue weighted by molar-refractivity contribution is 5.23. The van der Waals surface area contributed by atoms with Gasteiger partial charge in [0, 0.05) is 6.42 Å². The van der Waals surface area contributed by atoms with Crippen LogP contribution in [0.3, 0.4) is 0 Å². The molecule has 0 N–H and O–H groups in total. The largest absolute Gasteiger partial charge is 0.370 e. The summed E-state index contributed by atoms with van der Waals surface area (Å²) in [5, 5.41) is 0. The third kappa shape index (κ3) is 1.12. The molecule has 1 nitrogen and oxygen atoms in total. The molecule has 0 spiro atoms. The topological polar surface area (TPSA) is 9.23 Å². The minimum atomic E-state index is -0.193. The summed E-state index contributed by atoms with van der Waals surface area (Å²) in [5.74, 6) is -0.193. The Labute approximate surface area is 71.2 Å². The molecule has 1 atom stereocenters. The summed E-state index contributed by atoms with van der Waals surface area (Å²) >= 11 is 0. The van der Waals surface area contributed by atoms with E-state index in [1.807, 2.05) is 6.92 Å². The van der Waals surface area contributed by atoms with E-state index >= 15 is 0 Å². The summed E-state index contributed by atoms with van der Waals surface area (Å²) in [6.45, 7) is 2.84. The van der Waals surface area contributed by atoms with E-state index in [0.717, 1.165) is 18.6 Å². The fraction of sp³-hybridized carbons (Fsp3) is 0.400. The van der Waals surface area contributed by atoms with Crippen LogP contribution in [0.2, 0.25) is 0 Å². The van der Waals surface area contributed by atoms with Crippen LogP contribution in [-0.4, -0.2) is 6.61 Å². The normalized spacial score (nSPS) is 28.2. The Hall–Kier alpha value is -0.890. The van der Waals surface area contributed by atoms with Crippen molar-refractivity contribution >= 4 is 0 Å². The Kier molecular flexibility index (Phi) is 1.65. The first-order valence-corrected chi connectivity index (χ1v) is 4.11. The van der Waals surface area contributed by atoms with Gasteiger partial charge in [0.15, 0.2) is 0 Å². The van der Waals surface area contributed by atoms with Gasteiger partial charge in [0.1, 0.15) is 5.82 Å². The molecule has 0 radical (unpaired) electrons. The molecule has 1 aliphatic rings. The SMILES string of the molecule is C[C@@]1(c2ccc(F)cc2)CCO1. The van der Waals surface area contributed by atoms with E-state index in [0.29, 0.717) is 0 Å². The molecule has 2 heteroatoms. The number of benzene rings is 1. The lowest BCUT2D eigenvalue weighted by Gasteiger charge is -2.39. The Morgan fingerprint density at radius 3 is 2.33 bits per heavy atom. The smallest absolute Gasteiger partial charge is 0.123 e. The van der Waals surface area contributed by atoms with Crippen molar-refractivity contribution in [2.45, 2.75) is 18.9 Å². The van der Waals surface area contributed by atoms with E-state index in [2.05, 4.69) is 0 Å². The average Bonchev–Trinajstić information content (AvgIpc) is 2.02. The second-order valence-corrected chi connectivity index (χ2v) is 3.34. The molecule has 0 bridgehead atoms. The van der Waals surface area contributed by atoms with Crippen molar-refractivity contribution in [1.29, 1.82) is 0 Å². The summed E-state index contributed by atoms with van der Waals surface area (Å²) in [6, 6.07) is 6.52. The predicted octanol–water partition coefficient (Wildman–Crippen LogP) is 2.46. The first-order chi connectivity index (χ1) is 5.71. The maximum atomic E-state index is 12.6. The first-order valence-electron chi connectivity index (χ1n) is 4.11. The molecule has 0 amide bonds. The van der Waals surface area contributed by atoms with Crippen molar-refractivity contribution in [2.75, 3.05) is 6.61 Å². The number of ether oxygens (including phenoxy) is 1. The van der Waals surface area contributed by atoms with Gasteiger partial charge >= 0.3 is 0 Å². The Morgan fingerprint density at radius 2 is 1.92 bits per heavy atom. The van der Waals surface area contributed by atoms with E-state index in [9.17, 15) is 4.39 Å². The lowest BCUT2D eigenvalue weighted by atomic mass is 9.89. The summed E-state index contributed by atoms with van der Waals surface area (Å²) in [5.41, 5.74) is 0.906. The fourth-order valence-electron chi connectivity index (χ4n) is 1.44. The summed E-state index contributed by atoms with van der Waals surface area (Å²) in [7, 11) is 0. The van der Waals surface area contributed by atoms with Crippen LogP contribution in [0, 0.1) is 5.82 Å². The summed E-state index contributed by atoms with van der Waals surface area (Å²) in [4.78, 5) is 0. The van der Waals surface area contributed by atoms with Gasteiger partial charge in [-0.15, -0.1) is 0 Å². The molecule has 12 heavy (non-hydrogen) atoms. The molecule has 0 aliphatic carbocycles. The zero-order valence-corrected chi connectivity index (χ0v) is 7.01. The van der Waals surface area contributed by atoms with Crippen molar-refractivity contribution < 1.29 is 9.13 Å². The van der Waals surface area contributed by atoms with Gasteiger partial charge in [-0.25, -0.2) is 4.39 Å². The van der Waals surface area contributed by atoms with Crippen molar-refractivity contribution in [2.24, 2.45) is 0 Å². The lowest BCUT2D eigenvalue weighted by Crippen LogP contribution is -2.37. The Bertz CT molecular complexity index is 274. The van der Waals surface area contributed by atoms with Crippen LogP contribution in [0.5, 0.6) is 0 Å². The zero-order valence-electron chi connectivity index (χ0n) is 7.01. The van der Waals surface area contributed by atoms with Gasteiger partial charge in [-0.05, 0) is 24.6 Å². The minimum Gasteiger partial charge on any atom is -0.370 e. The van der Waals surface area contributed by atoms with Gasteiger partial charge in [-0.1, -0.05) is 12.1 Å². The molecular formula is C10H11FO. The highest BCUT2D eigenvalue weighted by Crippen LogP contribution is 2.36. The van der Waals surface area contributed by atoms with Gasteiger partial charge in [-0.2, -0.15) is 0 Å². The van der Waals surface area contributed by atoms with E-state index in [-0.39, 0.29) is 11.4 Å². The van der Waals surface area contributed by atoms with E-state index in [1.54, 1.807) is 12.1 Å². The molecule has 1 saturated heterocycles. The number of hydrogen-bond donors (Lipinski definition) is 0. The van der Waals surface area contributed by atoms with E-state index in [1.165, 1.54) is 12.1 Å². The van der Waals surface area contributed by atoms with Crippen LogP contribution in [-0.2, 0) is 10.3 Å². The zero-order chi connectivity index (χ0) is 8.60. The van der Waals surface area contributed by atoms with Gasteiger partial charge < -0.3 is 4.74 Å². The second kappa shape index (κ2) is 2.56. The van der Waals surface area contributed by atoms with E-state index in [4.69, 9.17) is 4.74 Å². The fourth-order valence-corrected chi connectivity index (χ4v) is 1.44. The Morgan fingerprint density at radius 1 is 1.33 bits per heavy atom. The average molecular weight is 166 g/mol. The maximum Gasteiger partial charge on any atom is 0.123 e. The lowest BCUT2D eigenvalue weighted by molar-refractivity contribution is -0.140. The monoisotopic (exact) mass is 166 g/mol. The molecular weight excluding hydrogens is 155 g/mol. The third-order valence-electron chi connectivity index (χ3n) is 2.45. The molecule has 1 aromatic rings. The number of rotatable bonds is 1. The second-order valence-electron chi connectivity index (χ2n) is 3.34. The van der Waals surface area contributed by atoms with Crippen LogP contribution < -0.4 is 0 Å². The van der Waals surface area contributed by atoms with Gasteiger partial charge in [0.05, 0.1) is 12.2 Å². The highest BCUT2D eigenvalue weighted by atomic mass is 19.1. The molecule has 0 aromatic heterocycles. The van der Waals surface area contributed by atoms with Crippen LogP contribution in [0.15, 0.2) is 24.3 Å². The summed E-state index contributed by atoms with van der Waals surface area (Å²) < 4.78 is 18.0. The van der Waals surface area contributed by atoms with Crippen molar-refractivity contribution in [3.63, 3.8) is 0 Å². The first kappa shape index (κ1) is 7.74. The molecule has 1 fully saturated rings. The van der Waals surface area contributed by atoms with Gasteiger partial charge in [0.2, 0.25) is 0 Å². The number of hydrogen-bond acceptors (Lipinski definition) is 1. The molecule has 64 valence electrons. The third-order valence-corrected chi connectivity index (χ3v) is 2.45. The predicted molar refractivity (Wildman–Crippen MR) is 44.3 cm³/mol. The minimum absolute atomic E-state index is 0.159. The standard InChI is InChI=1S/C10H11FO/c1-10(6-7-12-10)8-2-4-9(11)5-3-8/h2-5H,6-7H2,1H3/t10-/m0/s1. The van der Waals surface area contributed by atoms with Gasteiger partial charge in [0.25, 0.3) is 0 Å². The van der Waals surface area contributed by atoms with E-state index < -0.39 is 0 Å². The molecule has 0 saturated carbocycles. The van der Waals surface area contributed by atoms with Gasteiger partial charge in [-0.3, -0.25) is 0 Å². The van der Waals surface area contributed by atoms with Crippen molar-refractivity contribution in [1.82, 2.24) is 0 Å². The quantitative estimate of drug-likeness (QED) is 0.622. The molecule has 1 aliphatic heterocycles. The number of halogens is 1. The van der Waals surface area contributed by atoms with Crippen LogP contribution in [0.1, 0.15) is 18.9 Å². The highest BCUT2D eigenvalue weighted by Gasteiger charge is 2.34.